The topological polar surface area (TPSA) is 115 Å². The Kier molecular flexibility index (Phi) is 6.37. The molecule has 3 atom stereocenters. The zero-order valence-corrected chi connectivity index (χ0v) is 19.3. The summed E-state index contributed by atoms with van der Waals surface area (Å²) in [6, 6.07) is 4.83. The number of nitrogens with one attached hydrogen (secondary N) is 2. The molecule has 2 aliphatic heterocycles. The van der Waals surface area contributed by atoms with Crippen LogP contribution in [0.1, 0.15) is 42.2 Å². The highest BCUT2D eigenvalue weighted by Gasteiger charge is 2.39. The number of aromatic nitrogens is 2. The van der Waals surface area contributed by atoms with Crippen molar-refractivity contribution in [3.63, 3.8) is 0 Å². The summed E-state index contributed by atoms with van der Waals surface area (Å²) in [5, 5.41) is 9.82. The normalized spacial score (nSPS) is 22.4. The van der Waals surface area contributed by atoms with Crippen molar-refractivity contribution in [3.8, 4) is 5.75 Å². The van der Waals surface area contributed by atoms with Gasteiger partial charge in [0.2, 0.25) is 11.8 Å². The van der Waals surface area contributed by atoms with E-state index in [1.807, 2.05) is 6.92 Å². The highest BCUT2D eigenvalue weighted by Crippen LogP contribution is 2.32. The van der Waals surface area contributed by atoms with Gasteiger partial charge in [0.05, 0.1) is 35.5 Å². The number of nitrogens with zero attached hydrogens (tertiary/aromatic N) is 3. The Morgan fingerprint density at radius 1 is 1.21 bits per heavy atom. The Bertz CT molecular complexity index is 1080. The van der Waals surface area contributed by atoms with Gasteiger partial charge in [0.15, 0.2) is 0 Å². The van der Waals surface area contributed by atoms with Gasteiger partial charge in [0, 0.05) is 32.9 Å². The van der Waals surface area contributed by atoms with E-state index < -0.39 is 0 Å². The predicted molar refractivity (Wildman–Crippen MR) is 121 cm³/mol. The zero-order chi connectivity index (χ0) is 23.7. The molecule has 0 spiro atoms. The number of carbonyl (C=O) groups is 3. The summed E-state index contributed by atoms with van der Waals surface area (Å²) < 4.78 is 13.8. The van der Waals surface area contributed by atoms with E-state index in [1.165, 1.54) is 6.92 Å². The Morgan fingerprint density at radius 2 is 2.00 bits per heavy atom. The molecule has 1 saturated heterocycles. The van der Waals surface area contributed by atoms with Crippen LogP contribution in [0.5, 0.6) is 5.75 Å². The standard InChI is InChI=1S/C23H29N5O5/c1-13-18(11-27(3)26-13)25-22(30)10-16-6-7-19-21(33-16)12-32-20-8-5-15(24-14(2)29)9-17(20)23(31)28(19)4/h5,8-9,11,16,19,21H,6-7,10,12H2,1-4H3,(H,24,29)(H,25,30)/t16-,19+,21-/m0/s1. The first kappa shape index (κ1) is 22.8. The fraction of sp³-hybridized carbons (Fsp3) is 0.478. The highest BCUT2D eigenvalue weighted by molar-refractivity contribution is 5.99. The van der Waals surface area contributed by atoms with Gasteiger partial charge in [-0.3, -0.25) is 19.1 Å². The molecule has 1 aromatic heterocycles. The molecule has 10 nitrogen and oxygen atoms in total. The monoisotopic (exact) mass is 455 g/mol. The van der Waals surface area contributed by atoms with E-state index in [0.29, 0.717) is 35.5 Å². The van der Waals surface area contributed by atoms with E-state index in [1.54, 1.807) is 48.1 Å². The Morgan fingerprint density at radius 3 is 2.70 bits per heavy atom. The van der Waals surface area contributed by atoms with Gasteiger partial charge in [-0.05, 0) is 38.0 Å². The Balaban J connectivity index is 1.44. The number of fused-ring (bicyclic) bond motifs is 2. The Labute approximate surface area is 192 Å². The van der Waals surface area contributed by atoms with Crippen LogP contribution in [0.25, 0.3) is 0 Å². The van der Waals surface area contributed by atoms with Crippen molar-refractivity contribution >= 4 is 29.1 Å². The number of rotatable bonds is 4. The molecule has 1 fully saturated rings. The molecule has 2 aromatic rings. The number of hydrogen-bond donors (Lipinski definition) is 2. The molecular weight excluding hydrogens is 426 g/mol. The maximum absolute atomic E-state index is 13.2. The van der Waals surface area contributed by atoms with Crippen LogP contribution in [-0.4, -0.2) is 64.3 Å². The minimum absolute atomic E-state index is 0.137. The number of aryl methyl sites for hydroxylation is 2. The first-order valence-corrected chi connectivity index (χ1v) is 11.0. The van der Waals surface area contributed by atoms with Gasteiger partial charge in [-0.2, -0.15) is 5.10 Å². The minimum Gasteiger partial charge on any atom is -0.490 e. The van der Waals surface area contributed by atoms with Crippen LogP contribution in [0, 0.1) is 6.92 Å². The lowest BCUT2D eigenvalue weighted by molar-refractivity contribution is -0.130. The van der Waals surface area contributed by atoms with E-state index in [9.17, 15) is 14.4 Å². The molecule has 3 heterocycles. The zero-order valence-electron chi connectivity index (χ0n) is 19.3. The molecule has 3 amide bonds. The number of ether oxygens (including phenoxy) is 2. The van der Waals surface area contributed by atoms with Crippen LogP contribution >= 0.6 is 0 Å². The van der Waals surface area contributed by atoms with Gasteiger partial charge in [-0.15, -0.1) is 0 Å². The summed E-state index contributed by atoms with van der Waals surface area (Å²) in [5.74, 6) is -0.104. The average molecular weight is 456 g/mol. The van der Waals surface area contributed by atoms with Gasteiger partial charge in [0.25, 0.3) is 5.91 Å². The maximum atomic E-state index is 13.2. The van der Waals surface area contributed by atoms with Crippen LogP contribution < -0.4 is 15.4 Å². The Hall–Kier alpha value is -3.40. The van der Waals surface area contributed by atoms with E-state index in [0.717, 1.165) is 5.69 Å². The van der Waals surface area contributed by atoms with Gasteiger partial charge in [-0.1, -0.05) is 0 Å². The number of anilines is 2. The third kappa shape index (κ3) is 5.00. The number of amides is 3. The van der Waals surface area contributed by atoms with Gasteiger partial charge < -0.3 is 25.0 Å². The maximum Gasteiger partial charge on any atom is 0.257 e. The van der Waals surface area contributed by atoms with Crippen molar-refractivity contribution < 1.29 is 23.9 Å². The van der Waals surface area contributed by atoms with E-state index >= 15 is 0 Å². The lowest BCUT2D eigenvalue weighted by atomic mass is 9.94. The number of carbonyl (C=O) groups excluding carboxylic acids is 3. The SMILES string of the molecule is CC(=O)Nc1ccc2c(c1)C(=O)N(C)[C@@H]1CC[C@@H](CC(=O)Nc3cn(C)nc3C)O[C@H]1CO2. The fourth-order valence-corrected chi connectivity index (χ4v) is 4.44. The molecular formula is C23H29N5O5. The summed E-state index contributed by atoms with van der Waals surface area (Å²) in [5.41, 5.74) is 2.38. The lowest BCUT2D eigenvalue weighted by Gasteiger charge is -2.42. The summed E-state index contributed by atoms with van der Waals surface area (Å²) in [6.07, 6.45) is 2.71. The quantitative estimate of drug-likeness (QED) is 0.730. The smallest absolute Gasteiger partial charge is 0.257 e. The number of hydrogen-bond acceptors (Lipinski definition) is 6. The van der Waals surface area contributed by atoms with Crippen LogP contribution in [-0.2, 0) is 21.4 Å². The fourth-order valence-electron chi connectivity index (χ4n) is 4.44. The summed E-state index contributed by atoms with van der Waals surface area (Å²) in [7, 11) is 3.56. The molecule has 0 aliphatic carbocycles. The molecule has 176 valence electrons. The van der Waals surface area contributed by atoms with Crippen LogP contribution in [0.3, 0.4) is 0 Å². The highest BCUT2D eigenvalue weighted by atomic mass is 16.5. The van der Waals surface area contributed by atoms with Crippen molar-refractivity contribution in [2.24, 2.45) is 7.05 Å². The molecule has 0 bridgehead atoms. The molecule has 2 aliphatic rings. The van der Waals surface area contributed by atoms with Crippen LogP contribution in [0.4, 0.5) is 11.4 Å². The van der Waals surface area contributed by atoms with Gasteiger partial charge in [0.1, 0.15) is 18.5 Å². The molecule has 0 unspecified atom stereocenters. The molecule has 4 rings (SSSR count). The number of likely N-dealkylation sites (N-methyl/N-ethyl adjacent to an activating group) is 1. The molecule has 33 heavy (non-hydrogen) atoms. The van der Waals surface area contributed by atoms with Crippen molar-refractivity contribution in [2.75, 3.05) is 24.3 Å². The van der Waals surface area contributed by atoms with E-state index in [2.05, 4.69) is 15.7 Å². The first-order chi connectivity index (χ1) is 15.7. The van der Waals surface area contributed by atoms with E-state index in [-0.39, 0.29) is 49.0 Å². The molecule has 0 saturated carbocycles. The summed E-state index contributed by atoms with van der Waals surface area (Å²) in [4.78, 5) is 38.8. The van der Waals surface area contributed by atoms with Crippen molar-refractivity contribution in [1.29, 1.82) is 0 Å². The molecule has 1 aromatic carbocycles. The predicted octanol–water partition coefficient (Wildman–Crippen LogP) is 2.10. The second kappa shape index (κ2) is 9.22. The van der Waals surface area contributed by atoms with Crippen LogP contribution in [0.2, 0.25) is 0 Å². The van der Waals surface area contributed by atoms with Crippen molar-refractivity contribution in [2.45, 2.75) is 51.4 Å². The van der Waals surface area contributed by atoms with Gasteiger partial charge >= 0.3 is 0 Å². The van der Waals surface area contributed by atoms with E-state index in [4.69, 9.17) is 9.47 Å². The third-order valence-electron chi connectivity index (χ3n) is 6.03. The van der Waals surface area contributed by atoms with Crippen LogP contribution in [0.15, 0.2) is 24.4 Å². The third-order valence-corrected chi connectivity index (χ3v) is 6.03. The average Bonchev–Trinajstić information content (AvgIpc) is 3.07. The van der Waals surface area contributed by atoms with Crippen molar-refractivity contribution in [1.82, 2.24) is 14.7 Å². The first-order valence-electron chi connectivity index (χ1n) is 11.0. The summed E-state index contributed by atoms with van der Waals surface area (Å²) >= 11 is 0. The molecule has 2 N–H and O–H groups in total. The second-order valence-electron chi connectivity index (χ2n) is 8.61. The van der Waals surface area contributed by atoms with Gasteiger partial charge in [-0.25, -0.2) is 0 Å². The minimum atomic E-state index is -0.353. The number of benzene rings is 1. The molecule has 10 heteroatoms. The van der Waals surface area contributed by atoms with Crippen molar-refractivity contribution in [3.05, 3.63) is 35.7 Å². The lowest BCUT2D eigenvalue weighted by Crippen LogP contribution is -2.53. The largest absolute Gasteiger partial charge is 0.490 e. The summed E-state index contributed by atoms with van der Waals surface area (Å²) in [6.45, 7) is 3.52. The second-order valence-corrected chi connectivity index (χ2v) is 8.61. The molecule has 0 radical (unpaired) electrons.